The number of terminal acetylenes is 1. The number of nitrogens with two attached hydrogens (primary N) is 1. The Kier molecular flexibility index (Phi) is 3.16. The molecule has 0 atom stereocenters. The molecule has 84 valence electrons. The first-order chi connectivity index (χ1) is 7.72. The standard InChI is InChI=1S/C11H13ClN4/c1-2-5-16(6-8-3-4-8)11-9(12)10(13)14-7-15-11/h1,7-8H,3-6H2,(H2,13,14,15). The Hall–Kier alpha value is -1.47. The Bertz CT molecular complexity index is 422. The lowest BCUT2D eigenvalue weighted by Gasteiger charge is -2.22. The molecule has 1 aromatic heterocycles. The predicted molar refractivity (Wildman–Crippen MR) is 65.2 cm³/mol. The summed E-state index contributed by atoms with van der Waals surface area (Å²) < 4.78 is 0. The fourth-order valence-corrected chi connectivity index (χ4v) is 1.76. The van der Waals surface area contributed by atoms with E-state index in [1.54, 1.807) is 0 Å². The van der Waals surface area contributed by atoms with Crippen LogP contribution in [0.5, 0.6) is 0 Å². The van der Waals surface area contributed by atoms with E-state index in [1.807, 2.05) is 4.90 Å². The summed E-state index contributed by atoms with van der Waals surface area (Å²) >= 11 is 6.07. The molecule has 0 spiro atoms. The van der Waals surface area contributed by atoms with Gasteiger partial charge in [0.1, 0.15) is 17.2 Å². The van der Waals surface area contributed by atoms with Gasteiger partial charge >= 0.3 is 0 Å². The molecule has 0 aliphatic heterocycles. The van der Waals surface area contributed by atoms with Gasteiger partial charge in [-0.3, -0.25) is 0 Å². The lowest BCUT2D eigenvalue weighted by atomic mass is 10.3. The minimum Gasteiger partial charge on any atom is -0.382 e. The zero-order valence-corrected chi connectivity index (χ0v) is 9.61. The van der Waals surface area contributed by atoms with E-state index in [0.29, 0.717) is 29.1 Å². The minimum absolute atomic E-state index is 0.296. The molecule has 0 unspecified atom stereocenters. The number of rotatable bonds is 4. The second-order valence-corrected chi connectivity index (χ2v) is 4.30. The van der Waals surface area contributed by atoms with Gasteiger partial charge in [0, 0.05) is 6.54 Å². The van der Waals surface area contributed by atoms with Crippen molar-refractivity contribution < 1.29 is 0 Å². The van der Waals surface area contributed by atoms with Crippen LogP contribution in [0.25, 0.3) is 0 Å². The van der Waals surface area contributed by atoms with Gasteiger partial charge in [0.2, 0.25) is 0 Å². The van der Waals surface area contributed by atoms with E-state index >= 15 is 0 Å². The summed E-state index contributed by atoms with van der Waals surface area (Å²) in [6.45, 7) is 1.38. The van der Waals surface area contributed by atoms with Crippen molar-refractivity contribution in [3.8, 4) is 12.3 Å². The Morgan fingerprint density at radius 2 is 2.31 bits per heavy atom. The number of hydrogen-bond donors (Lipinski definition) is 1. The topological polar surface area (TPSA) is 55.0 Å². The van der Waals surface area contributed by atoms with E-state index < -0.39 is 0 Å². The maximum atomic E-state index is 6.07. The minimum atomic E-state index is 0.296. The first-order valence-corrected chi connectivity index (χ1v) is 5.54. The van der Waals surface area contributed by atoms with Gasteiger partial charge in [0.15, 0.2) is 5.82 Å². The van der Waals surface area contributed by atoms with E-state index in [1.165, 1.54) is 19.2 Å². The molecule has 1 aliphatic rings. The molecule has 0 saturated heterocycles. The van der Waals surface area contributed by atoms with Crippen molar-refractivity contribution in [1.29, 1.82) is 0 Å². The smallest absolute Gasteiger partial charge is 0.153 e. The molecule has 4 nitrogen and oxygen atoms in total. The van der Waals surface area contributed by atoms with Crippen LogP contribution in [0, 0.1) is 18.3 Å². The van der Waals surface area contributed by atoms with E-state index in [9.17, 15) is 0 Å². The molecule has 5 heteroatoms. The van der Waals surface area contributed by atoms with Crippen molar-refractivity contribution in [3.05, 3.63) is 11.3 Å². The number of aromatic nitrogens is 2. The number of hydrogen-bond acceptors (Lipinski definition) is 4. The largest absolute Gasteiger partial charge is 0.382 e. The Morgan fingerprint density at radius 3 is 2.94 bits per heavy atom. The molecular formula is C11H13ClN4. The van der Waals surface area contributed by atoms with Crippen LogP contribution in [0.1, 0.15) is 12.8 Å². The lowest BCUT2D eigenvalue weighted by Crippen LogP contribution is -2.27. The van der Waals surface area contributed by atoms with E-state index in [4.69, 9.17) is 23.8 Å². The highest BCUT2D eigenvalue weighted by Crippen LogP contribution is 2.33. The molecular weight excluding hydrogens is 224 g/mol. The van der Waals surface area contributed by atoms with Crippen molar-refractivity contribution in [2.75, 3.05) is 23.7 Å². The lowest BCUT2D eigenvalue weighted by molar-refractivity contribution is 0.754. The van der Waals surface area contributed by atoms with Crippen molar-refractivity contribution in [3.63, 3.8) is 0 Å². The molecule has 16 heavy (non-hydrogen) atoms. The third-order valence-electron chi connectivity index (χ3n) is 2.56. The molecule has 1 fully saturated rings. The predicted octanol–water partition coefficient (Wildman–Crippen LogP) is 1.56. The third kappa shape index (κ3) is 2.37. The molecule has 0 bridgehead atoms. The van der Waals surface area contributed by atoms with Crippen LogP contribution < -0.4 is 10.6 Å². The first-order valence-electron chi connectivity index (χ1n) is 5.16. The fourth-order valence-electron chi connectivity index (χ4n) is 1.54. The van der Waals surface area contributed by atoms with Crippen molar-refractivity contribution in [1.82, 2.24) is 9.97 Å². The highest BCUT2D eigenvalue weighted by molar-refractivity contribution is 6.35. The van der Waals surface area contributed by atoms with Crippen LogP contribution >= 0.6 is 11.6 Å². The SMILES string of the molecule is C#CCN(CC1CC1)c1ncnc(N)c1Cl. The summed E-state index contributed by atoms with van der Waals surface area (Å²) in [5.74, 6) is 4.25. The summed E-state index contributed by atoms with van der Waals surface area (Å²) in [7, 11) is 0. The molecule has 1 saturated carbocycles. The van der Waals surface area contributed by atoms with Crippen LogP contribution in [0.3, 0.4) is 0 Å². The molecule has 2 rings (SSSR count). The zero-order valence-electron chi connectivity index (χ0n) is 8.86. The number of halogens is 1. The van der Waals surface area contributed by atoms with Crippen LogP contribution in [0.15, 0.2) is 6.33 Å². The quantitative estimate of drug-likeness (QED) is 0.807. The average molecular weight is 237 g/mol. The Balaban J connectivity index is 2.23. The van der Waals surface area contributed by atoms with Crippen LogP contribution in [0.2, 0.25) is 5.02 Å². The van der Waals surface area contributed by atoms with Crippen molar-refractivity contribution in [2.45, 2.75) is 12.8 Å². The first kappa shape index (κ1) is 11.0. The summed E-state index contributed by atoms with van der Waals surface area (Å²) in [6.07, 6.45) is 9.25. The van der Waals surface area contributed by atoms with E-state index in [0.717, 1.165) is 6.54 Å². The van der Waals surface area contributed by atoms with Gasteiger partial charge in [-0.1, -0.05) is 17.5 Å². The van der Waals surface area contributed by atoms with Gasteiger partial charge in [0.25, 0.3) is 0 Å². The van der Waals surface area contributed by atoms with Crippen LogP contribution in [-0.4, -0.2) is 23.1 Å². The maximum Gasteiger partial charge on any atom is 0.153 e. The number of anilines is 2. The Labute approximate surface area is 99.8 Å². The zero-order chi connectivity index (χ0) is 11.5. The van der Waals surface area contributed by atoms with Gasteiger partial charge in [-0.25, -0.2) is 9.97 Å². The van der Waals surface area contributed by atoms with E-state index in [-0.39, 0.29) is 0 Å². The highest BCUT2D eigenvalue weighted by atomic mass is 35.5. The van der Waals surface area contributed by atoms with Gasteiger partial charge in [-0.15, -0.1) is 6.42 Å². The number of nitrogen functional groups attached to an aromatic ring is 1. The molecule has 2 N–H and O–H groups in total. The maximum absolute atomic E-state index is 6.07. The average Bonchev–Trinajstić information content (AvgIpc) is 3.06. The van der Waals surface area contributed by atoms with Crippen LogP contribution in [-0.2, 0) is 0 Å². The monoisotopic (exact) mass is 236 g/mol. The fraction of sp³-hybridized carbons (Fsp3) is 0.455. The van der Waals surface area contributed by atoms with Gasteiger partial charge < -0.3 is 10.6 Å². The van der Waals surface area contributed by atoms with Gasteiger partial charge in [-0.2, -0.15) is 0 Å². The molecule has 1 aliphatic carbocycles. The van der Waals surface area contributed by atoms with Gasteiger partial charge in [0.05, 0.1) is 6.54 Å². The molecule has 1 heterocycles. The summed E-state index contributed by atoms with van der Waals surface area (Å²) in [5, 5.41) is 0.387. The van der Waals surface area contributed by atoms with Crippen molar-refractivity contribution in [2.24, 2.45) is 5.92 Å². The highest BCUT2D eigenvalue weighted by Gasteiger charge is 2.26. The Morgan fingerprint density at radius 1 is 1.56 bits per heavy atom. The second-order valence-electron chi connectivity index (χ2n) is 3.92. The molecule has 0 amide bonds. The van der Waals surface area contributed by atoms with E-state index in [2.05, 4.69) is 15.9 Å². The van der Waals surface area contributed by atoms with Crippen LogP contribution in [0.4, 0.5) is 11.6 Å². The summed E-state index contributed by atoms with van der Waals surface area (Å²) in [6, 6.07) is 0. The summed E-state index contributed by atoms with van der Waals surface area (Å²) in [5.41, 5.74) is 5.64. The number of nitrogens with zero attached hydrogens (tertiary/aromatic N) is 3. The molecule has 0 radical (unpaired) electrons. The molecule has 1 aromatic rings. The second kappa shape index (κ2) is 4.58. The molecule has 0 aromatic carbocycles. The van der Waals surface area contributed by atoms with Gasteiger partial charge in [-0.05, 0) is 18.8 Å². The normalized spacial score (nSPS) is 14.5. The summed E-state index contributed by atoms with van der Waals surface area (Å²) in [4.78, 5) is 9.96. The third-order valence-corrected chi connectivity index (χ3v) is 2.92. The van der Waals surface area contributed by atoms with Crippen molar-refractivity contribution >= 4 is 23.2 Å².